The maximum absolute atomic E-state index is 12.5. The number of piperazine rings is 1. The van der Waals surface area contributed by atoms with E-state index in [0.29, 0.717) is 42.4 Å². The molecule has 0 aromatic heterocycles. The van der Waals surface area contributed by atoms with E-state index in [0.717, 1.165) is 46.5 Å². The fourth-order valence-corrected chi connectivity index (χ4v) is 9.07. The topological polar surface area (TPSA) is 108 Å². The number of hydrogen-bond acceptors (Lipinski definition) is 10. The molecule has 3 aromatic rings. The van der Waals surface area contributed by atoms with Crippen molar-refractivity contribution in [2.24, 2.45) is 0 Å². The minimum Gasteiger partial charge on any atom is -0.504 e. The lowest BCUT2D eigenvalue weighted by Gasteiger charge is -2.60. The lowest BCUT2D eigenvalue weighted by atomic mass is 9.71. The van der Waals surface area contributed by atoms with Crippen LogP contribution in [0.15, 0.2) is 30.3 Å². The molecule has 5 aliphatic heterocycles. The Morgan fingerprint density at radius 1 is 1.04 bits per heavy atom. The van der Waals surface area contributed by atoms with E-state index in [2.05, 4.69) is 58.1 Å². The number of fused-ring (bicyclic) bond motifs is 10. The summed E-state index contributed by atoms with van der Waals surface area (Å²) in [5.41, 5.74) is 7.91. The van der Waals surface area contributed by atoms with E-state index in [4.69, 9.17) is 18.9 Å². The van der Waals surface area contributed by atoms with Gasteiger partial charge in [0.1, 0.15) is 11.8 Å². The Bertz CT molecular complexity index is 1810. The van der Waals surface area contributed by atoms with Crippen LogP contribution in [-0.4, -0.2) is 71.4 Å². The molecule has 5 atom stereocenters. The Morgan fingerprint density at radius 3 is 2.43 bits per heavy atom. The van der Waals surface area contributed by atoms with Crippen molar-refractivity contribution in [1.29, 1.82) is 5.26 Å². The van der Waals surface area contributed by atoms with E-state index in [1.165, 1.54) is 18.1 Å². The highest BCUT2D eigenvalue weighted by atomic mass is 16.7. The van der Waals surface area contributed by atoms with Gasteiger partial charge in [0.25, 0.3) is 0 Å². The first-order valence-corrected chi connectivity index (χ1v) is 15.9. The highest BCUT2D eigenvalue weighted by molar-refractivity contribution is 5.74. The van der Waals surface area contributed by atoms with Gasteiger partial charge in [0.15, 0.2) is 23.0 Å². The smallest absolute Gasteiger partial charge is 0.308 e. The summed E-state index contributed by atoms with van der Waals surface area (Å²) in [5.74, 6) is 1.99. The number of aryl methyl sites for hydroxylation is 1. The second-order valence-corrected chi connectivity index (χ2v) is 13.3. The van der Waals surface area contributed by atoms with Crippen LogP contribution in [0.2, 0.25) is 0 Å². The summed E-state index contributed by atoms with van der Waals surface area (Å²) in [6, 6.07) is 12.1. The number of ether oxygens (including phenoxy) is 4. The zero-order chi connectivity index (χ0) is 32.0. The van der Waals surface area contributed by atoms with Gasteiger partial charge in [-0.05, 0) is 56.0 Å². The van der Waals surface area contributed by atoms with E-state index in [9.17, 15) is 15.2 Å². The third-order valence-corrected chi connectivity index (χ3v) is 10.8. The van der Waals surface area contributed by atoms with Gasteiger partial charge in [-0.15, -0.1) is 0 Å². The van der Waals surface area contributed by atoms with Crippen LogP contribution in [-0.2, 0) is 30.7 Å². The molecule has 1 saturated heterocycles. The van der Waals surface area contributed by atoms with Crippen molar-refractivity contribution in [2.75, 3.05) is 27.5 Å². The molecule has 0 spiro atoms. The number of carbonyl (C=O) groups excluding carboxylic acids is 1. The number of likely N-dealkylation sites (N-methyl/N-ethyl adjacent to an activating group) is 1. The number of nitriles is 1. The third-order valence-electron chi connectivity index (χ3n) is 10.8. The standard InChI is InChI=1S/C36H38N4O6/c1-18-10-23-11-25-27(13-37)40-26(31(38(25)4)29(23)32(42)33(18)43-5)12-24-30(28(40)16-39-14-21-8-6-7-9-22(21)15-39)36-35(44-17-45-36)19(2)34(24)46-20(3)41/h6-10,25-28,31,42H,11-12,14-17H2,1-5H3/t25-,26-,27-,28-,31-/m0/s1. The van der Waals surface area contributed by atoms with Gasteiger partial charge in [0.05, 0.1) is 25.3 Å². The Kier molecular flexibility index (Phi) is 6.73. The zero-order valence-electron chi connectivity index (χ0n) is 26.8. The molecule has 10 heteroatoms. The molecule has 0 aliphatic carbocycles. The van der Waals surface area contributed by atoms with Crippen molar-refractivity contribution in [2.45, 2.75) is 76.9 Å². The van der Waals surface area contributed by atoms with Crippen LogP contribution in [0.1, 0.15) is 63.5 Å². The molecule has 238 valence electrons. The molecular weight excluding hydrogens is 584 g/mol. The lowest BCUT2D eigenvalue weighted by Crippen LogP contribution is -2.68. The molecule has 0 radical (unpaired) electrons. The number of hydrogen-bond donors (Lipinski definition) is 1. The Labute approximate surface area is 268 Å². The summed E-state index contributed by atoms with van der Waals surface area (Å²) in [5, 5.41) is 22.7. The molecular formula is C36H38N4O6. The van der Waals surface area contributed by atoms with E-state index >= 15 is 0 Å². The Hall–Kier alpha value is -4.30. The van der Waals surface area contributed by atoms with Crippen molar-refractivity contribution < 1.29 is 28.8 Å². The van der Waals surface area contributed by atoms with Gasteiger partial charge in [-0.3, -0.25) is 19.5 Å². The molecule has 1 fully saturated rings. The normalized spacial score (nSPS) is 26.0. The molecule has 46 heavy (non-hydrogen) atoms. The van der Waals surface area contributed by atoms with Crippen LogP contribution in [0, 0.1) is 25.2 Å². The molecule has 0 saturated carbocycles. The number of carbonyl (C=O) groups is 1. The number of rotatable bonds is 4. The minimum absolute atomic E-state index is 0.0769. The fourth-order valence-electron chi connectivity index (χ4n) is 9.07. The highest BCUT2D eigenvalue weighted by Gasteiger charge is 2.57. The van der Waals surface area contributed by atoms with Crippen molar-refractivity contribution >= 4 is 5.97 Å². The largest absolute Gasteiger partial charge is 0.504 e. The van der Waals surface area contributed by atoms with Gasteiger partial charge in [-0.25, -0.2) is 0 Å². The number of phenols is 1. The molecule has 5 heterocycles. The zero-order valence-corrected chi connectivity index (χ0v) is 26.8. The molecule has 5 aliphatic rings. The maximum atomic E-state index is 12.5. The Morgan fingerprint density at radius 2 is 1.76 bits per heavy atom. The first-order chi connectivity index (χ1) is 22.2. The van der Waals surface area contributed by atoms with E-state index < -0.39 is 12.0 Å². The number of methoxy groups -OCH3 is 1. The first-order valence-electron chi connectivity index (χ1n) is 15.9. The average molecular weight is 623 g/mol. The van der Waals surface area contributed by atoms with E-state index in [-0.39, 0.29) is 36.7 Å². The summed E-state index contributed by atoms with van der Waals surface area (Å²) in [4.78, 5) is 19.6. The summed E-state index contributed by atoms with van der Waals surface area (Å²) >= 11 is 0. The van der Waals surface area contributed by atoms with Crippen molar-refractivity contribution in [1.82, 2.24) is 14.7 Å². The molecule has 1 N–H and O–H groups in total. The summed E-state index contributed by atoms with van der Waals surface area (Å²) in [6.07, 6.45) is 1.11. The van der Waals surface area contributed by atoms with Crippen LogP contribution < -0.4 is 18.9 Å². The molecule has 10 nitrogen and oxygen atoms in total. The number of benzene rings is 3. The van der Waals surface area contributed by atoms with Gasteiger partial charge in [-0.1, -0.05) is 30.3 Å². The van der Waals surface area contributed by atoms with Gasteiger partial charge >= 0.3 is 5.97 Å². The van der Waals surface area contributed by atoms with E-state index in [1.807, 2.05) is 13.8 Å². The number of esters is 1. The van der Waals surface area contributed by atoms with Crippen LogP contribution in [0.3, 0.4) is 0 Å². The quantitative estimate of drug-likeness (QED) is 0.331. The molecule has 3 aromatic carbocycles. The third kappa shape index (κ3) is 4.08. The van der Waals surface area contributed by atoms with Crippen LogP contribution in [0.5, 0.6) is 28.7 Å². The van der Waals surface area contributed by atoms with Crippen molar-refractivity contribution in [3.05, 3.63) is 74.8 Å². The highest BCUT2D eigenvalue weighted by Crippen LogP contribution is 2.58. The second-order valence-electron chi connectivity index (χ2n) is 13.3. The maximum Gasteiger partial charge on any atom is 0.308 e. The second kappa shape index (κ2) is 10.6. The molecule has 2 bridgehead atoms. The molecule has 0 amide bonds. The van der Waals surface area contributed by atoms with Crippen LogP contribution in [0.4, 0.5) is 0 Å². The van der Waals surface area contributed by atoms with Gasteiger partial charge < -0.3 is 24.1 Å². The number of aromatic hydroxyl groups is 1. The number of phenolic OH excluding ortho intramolecular Hbond substituents is 1. The van der Waals surface area contributed by atoms with Gasteiger partial charge in [-0.2, -0.15) is 5.26 Å². The predicted octanol–water partition coefficient (Wildman–Crippen LogP) is 4.46. The monoisotopic (exact) mass is 622 g/mol. The van der Waals surface area contributed by atoms with Gasteiger partial charge in [0.2, 0.25) is 6.79 Å². The van der Waals surface area contributed by atoms with Crippen molar-refractivity contribution in [3.8, 4) is 34.8 Å². The first kappa shape index (κ1) is 29.1. The summed E-state index contributed by atoms with van der Waals surface area (Å²) in [6.45, 7) is 7.57. The minimum atomic E-state index is -0.441. The molecule has 8 rings (SSSR count). The molecule has 0 unspecified atom stereocenters. The van der Waals surface area contributed by atoms with Crippen molar-refractivity contribution in [3.63, 3.8) is 0 Å². The Balaban J connectivity index is 1.35. The van der Waals surface area contributed by atoms with Crippen LogP contribution >= 0.6 is 0 Å². The predicted molar refractivity (Wildman–Crippen MR) is 168 cm³/mol. The fraction of sp³-hybridized carbons (Fsp3) is 0.444. The lowest BCUT2D eigenvalue weighted by molar-refractivity contribution is -0.132. The SMILES string of the molecule is COc1c(C)cc2c(c1O)[C@@H]1[C@@H]3Cc4c(OC(C)=O)c(C)c5c(c4[C@H](CN4Cc6ccccc6C4)N3[C@@H](C#N)[C@H](C2)N1C)OCO5. The number of nitrogens with zero attached hydrogens (tertiary/aromatic N) is 4. The summed E-state index contributed by atoms with van der Waals surface area (Å²) < 4.78 is 23.9. The van der Waals surface area contributed by atoms with E-state index in [1.54, 1.807) is 7.11 Å². The van der Waals surface area contributed by atoms with Gasteiger partial charge in [0, 0.05) is 60.9 Å². The summed E-state index contributed by atoms with van der Waals surface area (Å²) in [7, 11) is 3.64. The average Bonchev–Trinajstić information content (AvgIpc) is 3.67. The van der Waals surface area contributed by atoms with Crippen LogP contribution in [0.25, 0.3) is 0 Å².